The zero-order valence-corrected chi connectivity index (χ0v) is 13.2. The number of fused-ring (bicyclic) bond motifs is 1. The van der Waals surface area contributed by atoms with E-state index in [0.29, 0.717) is 25.6 Å². The number of nitrogens with one attached hydrogen (secondary N) is 1. The van der Waals surface area contributed by atoms with Gasteiger partial charge in [0.1, 0.15) is 0 Å². The standard InChI is InChI=1S/C15H8BrCl2NO/c16-12-5-4-8(17)6-10(12)15(20)11-7-19-14-9(11)2-1-3-13(14)18/h1-7,19H. The summed E-state index contributed by atoms with van der Waals surface area (Å²) in [5.74, 6) is -0.104. The van der Waals surface area contributed by atoms with E-state index in [4.69, 9.17) is 23.2 Å². The fraction of sp³-hybridized carbons (Fsp3) is 0. The number of H-pyrrole nitrogens is 1. The average Bonchev–Trinajstić information content (AvgIpc) is 2.86. The summed E-state index contributed by atoms with van der Waals surface area (Å²) in [7, 11) is 0. The minimum atomic E-state index is -0.104. The number of hydrogen-bond acceptors (Lipinski definition) is 1. The highest BCUT2D eigenvalue weighted by atomic mass is 79.9. The smallest absolute Gasteiger partial charge is 0.196 e. The van der Waals surface area contributed by atoms with E-state index in [9.17, 15) is 4.79 Å². The topological polar surface area (TPSA) is 32.9 Å². The van der Waals surface area contributed by atoms with E-state index in [1.807, 2.05) is 12.1 Å². The fourth-order valence-electron chi connectivity index (χ4n) is 2.12. The number of ketones is 1. The molecule has 5 heteroatoms. The molecular formula is C15H8BrCl2NO. The van der Waals surface area contributed by atoms with Crippen molar-refractivity contribution < 1.29 is 4.79 Å². The number of carbonyl (C=O) groups is 1. The molecule has 0 aliphatic heterocycles. The zero-order valence-electron chi connectivity index (χ0n) is 10.1. The van der Waals surface area contributed by atoms with Gasteiger partial charge in [-0.1, -0.05) is 51.3 Å². The van der Waals surface area contributed by atoms with E-state index < -0.39 is 0 Å². The lowest BCUT2D eigenvalue weighted by atomic mass is 10.0. The molecule has 0 bridgehead atoms. The van der Waals surface area contributed by atoms with Gasteiger partial charge in [0.05, 0.1) is 10.5 Å². The molecule has 1 N–H and O–H groups in total. The van der Waals surface area contributed by atoms with Gasteiger partial charge in [-0.15, -0.1) is 0 Å². The number of aromatic amines is 1. The summed E-state index contributed by atoms with van der Waals surface area (Å²) in [6.07, 6.45) is 1.67. The molecule has 2 aromatic carbocycles. The number of rotatable bonds is 2. The van der Waals surface area contributed by atoms with Crippen LogP contribution in [0, 0.1) is 0 Å². The van der Waals surface area contributed by atoms with Gasteiger partial charge < -0.3 is 4.98 Å². The number of halogens is 3. The molecule has 3 rings (SSSR count). The van der Waals surface area contributed by atoms with Crippen LogP contribution < -0.4 is 0 Å². The number of benzene rings is 2. The fourth-order valence-corrected chi connectivity index (χ4v) is 2.95. The maximum absolute atomic E-state index is 12.7. The lowest BCUT2D eigenvalue weighted by Crippen LogP contribution is -2.01. The van der Waals surface area contributed by atoms with Crippen molar-refractivity contribution in [2.75, 3.05) is 0 Å². The number of para-hydroxylation sites is 1. The Kier molecular flexibility index (Phi) is 3.59. The van der Waals surface area contributed by atoms with Crippen molar-refractivity contribution in [1.82, 2.24) is 4.98 Å². The third-order valence-electron chi connectivity index (χ3n) is 3.08. The van der Waals surface area contributed by atoms with Crippen molar-refractivity contribution in [3.8, 4) is 0 Å². The molecule has 20 heavy (non-hydrogen) atoms. The summed E-state index contributed by atoms with van der Waals surface area (Å²) >= 11 is 15.4. The minimum absolute atomic E-state index is 0.104. The van der Waals surface area contributed by atoms with Gasteiger partial charge in [0, 0.05) is 32.2 Å². The third-order valence-corrected chi connectivity index (χ3v) is 4.32. The summed E-state index contributed by atoms with van der Waals surface area (Å²) < 4.78 is 0.711. The summed E-state index contributed by atoms with van der Waals surface area (Å²) in [5, 5.41) is 1.91. The van der Waals surface area contributed by atoms with Crippen molar-refractivity contribution >= 4 is 55.8 Å². The van der Waals surface area contributed by atoms with E-state index in [2.05, 4.69) is 20.9 Å². The highest BCUT2D eigenvalue weighted by molar-refractivity contribution is 9.10. The first-order valence-corrected chi connectivity index (χ1v) is 7.38. The first kappa shape index (κ1) is 13.7. The molecule has 0 spiro atoms. The molecule has 3 aromatic rings. The highest BCUT2D eigenvalue weighted by Gasteiger charge is 2.17. The Balaban J connectivity index is 2.18. The van der Waals surface area contributed by atoms with Crippen LogP contribution in [0.3, 0.4) is 0 Å². The molecule has 0 saturated heterocycles. The van der Waals surface area contributed by atoms with Crippen LogP contribution >= 0.6 is 39.1 Å². The maximum Gasteiger partial charge on any atom is 0.196 e. The zero-order chi connectivity index (χ0) is 14.3. The Bertz CT molecular complexity index is 826. The van der Waals surface area contributed by atoms with Gasteiger partial charge in [-0.25, -0.2) is 0 Å². The predicted octanol–water partition coefficient (Wildman–Crippen LogP) is 5.47. The van der Waals surface area contributed by atoms with E-state index in [1.54, 1.807) is 30.5 Å². The van der Waals surface area contributed by atoms with Crippen molar-refractivity contribution in [3.05, 3.63) is 68.2 Å². The minimum Gasteiger partial charge on any atom is -0.359 e. The van der Waals surface area contributed by atoms with Crippen LogP contribution in [0.2, 0.25) is 10.0 Å². The van der Waals surface area contributed by atoms with Crippen LogP contribution in [0.25, 0.3) is 10.9 Å². The van der Waals surface area contributed by atoms with Crippen LogP contribution in [0.1, 0.15) is 15.9 Å². The maximum atomic E-state index is 12.7. The van der Waals surface area contributed by atoms with E-state index in [1.165, 1.54) is 0 Å². The van der Waals surface area contributed by atoms with Crippen molar-refractivity contribution in [2.45, 2.75) is 0 Å². The molecule has 0 amide bonds. The van der Waals surface area contributed by atoms with Crippen molar-refractivity contribution in [3.63, 3.8) is 0 Å². The van der Waals surface area contributed by atoms with Crippen LogP contribution in [0.4, 0.5) is 0 Å². The SMILES string of the molecule is O=C(c1cc(Cl)ccc1Br)c1c[nH]c2c(Cl)cccc12. The Labute approximate surface area is 133 Å². The summed E-state index contributed by atoms with van der Waals surface area (Å²) in [6.45, 7) is 0. The predicted molar refractivity (Wildman–Crippen MR) is 85.9 cm³/mol. The highest BCUT2D eigenvalue weighted by Crippen LogP contribution is 2.29. The summed E-state index contributed by atoms with van der Waals surface area (Å²) in [5.41, 5.74) is 1.86. The largest absolute Gasteiger partial charge is 0.359 e. The first-order chi connectivity index (χ1) is 9.58. The Morgan fingerprint density at radius 3 is 2.70 bits per heavy atom. The Morgan fingerprint density at radius 2 is 1.90 bits per heavy atom. The van der Waals surface area contributed by atoms with Gasteiger partial charge in [0.2, 0.25) is 0 Å². The molecule has 0 radical (unpaired) electrons. The number of carbonyl (C=O) groups excluding carboxylic acids is 1. The Morgan fingerprint density at radius 1 is 1.10 bits per heavy atom. The van der Waals surface area contributed by atoms with Crippen LogP contribution in [0.15, 0.2) is 47.1 Å². The summed E-state index contributed by atoms with van der Waals surface area (Å²) in [6, 6.07) is 10.6. The molecular weight excluding hydrogens is 361 g/mol. The van der Waals surface area contributed by atoms with E-state index in [0.717, 1.165) is 10.9 Å². The van der Waals surface area contributed by atoms with Gasteiger partial charge in [-0.2, -0.15) is 0 Å². The van der Waals surface area contributed by atoms with Crippen LogP contribution in [-0.2, 0) is 0 Å². The number of aromatic nitrogens is 1. The van der Waals surface area contributed by atoms with Gasteiger partial charge in [-0.05, 0) is 24.3 Å². The van der Waals surface area contributed by atoms with Crippen molar-refractivity contribution in [1.29, 1.82) is 0 Å². The lowest BCUT2D eigenvalue weighted by Gasteiger charge is -2.04. The van der Waals surface area contributed by atoms with Gasteiger partial charge in [-0.3, -0.25) is 4.79 Å². The monoisotopic (exact) mass is 367 g/mol. The molecule has 1 aromatic heterocycles. The third kappa shape index (κ3) is 2.26. The number of hydrogen-bond donors (Lipinski definition) is 1. The normalized spacial score (nSPS) is 10.9. The molecule has 100 valence electrons. The lowest BCUT2D eigenvalue weighted by molar-refractivity contribution is 0.103. The molecule has 0 unspecified atom stereocenters. The van der Waals surface area contributed by atoms with E-state index in [-0.39, 0.29) is 5.78 Å². The van der Waals surface area contributed by atoms with Crippen LogP contribution in [0.5, 0.6) is 0 Å². The van der Waals surface area contributed by atoms with Gasteiger partial charge >= 0.3 is 0 Å². The first-order valence-electron chi connectivity index (χ1n) is 5.83. The summed E-state index contributed by atoms with van der Waals surface area (Å²) in [4.78, 5) is 15.7. The van der Waals surface area contributed by atoms with E-state index >= 15 is 0 Å². The Hall–Kier alpha value is -1.29. The van der Waals surface area contributed by atoms with Crippen LogP contribution in [-0.4, -0.2) is 10.8 Å². The molecule has 0 fully saturated rings. The quantitative estimate of drug-likeness (QED) is 0.598. The molecule has 0 aliphatic rings. The van der Waals surface area contributed by atoms with Gasteiger partial charge in [0.15, 0.2) is 5.78 Å². The van der Waals surface area contributed by atoms with Crippen molar-refractivity contribution in [2.24, 2.45) is 0 Å². The average molecular weight is 369 g/mol. The molecule has 2 nitrogen and oxygen atoms in total. The molecule has 0 atom stereocenters. The molecule has 0 saturated carbocycles. The van der Waals surface area contributed by atoms with Gasteiger partial charge in [0.25, 0.3) is 0 Å². The second-order valence-corrected chi connectivity index (χ2v) is 6.02. The molecule has 1 heterocycles. The molecule has 0 aliphatic carbocycles. The second kappa shape index (κ2) is 5.24. The second-order valence-electron chi connectivity index (χ2n) is 4.32.